The van der Waals surface area contributed by atoms with Crippen molar-refractivity contribution in [2.24, 2.45) is 5.92 Å². The number of hydrogen-bond donors (Lipinski definition) is 0. The van der Waals surface area contributed by atoms with Crippen molar-refractivity contribution in [2.75, 3.05) is 0 Å². The van der Waals surface area contributed by atoms with Crippen LogP contribution in [0.3, 0.4) is 0 Å². The molecule has 1 unspecified atom stereocenters. The molecule has 0 aliphatic rings. The van der Waals surface area contributed by atoms with E-state index in [0.29, 0.717) is 12.0 Å². The first-order chi connectivity index (χ1) is 8.87. The second kappa shape index (κ2) is 6.62. The Morgan fingerprint density at radius 3 is 2.37 bits per heavy atom. The Morgan fingerprint density at radius 2 is 1.95 bits per heavy atom. The number of hydrogen-bond acceptors (Lipinski definition) is 3. The van der Waals surface area contributed by atoms with E-state index in [0.717, 1.165) is 0 Å². The van der Waals surface area contributed by atoms with Gasteiger partial charge in [0, 0.05) is 22.8 Å². The minimum Gasteiger partial charge on any atom is -0.294 e. The average molecular weight is 287 g/mol. The van der Waals surface area contributed by atoms with Gasteiger partial charge < -0.3 is 0 Å². The molecule has 0 saturated carbocycles. The normalized spacial score (nSPS) is 12.8. The summed E-state index contributed by atoms with van der Waals surface area (Å²) >= 11 is -0.218. The van der Waals surface area contributed by atoms with Gasteiger partial charge in [-0.2, -0.15) is 18.4 Å². The number of alkyl halides is 3. The van der Waals surface area contributed by atoms with Crippen LogP contribution in [0.4, 0.5) is 13.2 Å². The Bertz CT molecular complexity index is 476. The van der Waals surface area contributed by atoms with Gasteiger partial charge in [-0.3, -0.25) is 4.79 Å². The highest BCUT2D eigenvalue weighted by Gasteiger charge is 2.29. The fraction of sp³-hybridized carbons (Fsp3) is 0.385. The number of Topliss-reactive ketones (excluding diaryl/α,β-unsaturated/α-hetero) is 1. The van der Waals surface area contributed by atoms with Crippen molar-refractivity contribution in [1.29, 1.82) is 5.26 Å². The highest BCUT2D eigenvalue weighted by atomic mass is 32.2. The maximum absolute atomic E-state index is 12.1. The largest absolute Gasteiger partial charge is 0.446 e. The standard InChI is InChI=1S/C13H12F3NOS/c1-2-9(7-8-17)12(18)10-3-5-11(6-4-10)19-13(14,15)16/h3-6,9H,2,7H2,1H3. The molecule has 0 amide bonds. The molecular formula is C13H12F3NOS. The summed E-state index contributed by atoms with van der Waals surface area (Å²) in [5, 5.41) is 8.60. The van der Waals surface area contributed by atoms with Crippen molar-refractivity contribution in [3.63, 3.8) is 0 Å². The average Bonchev–Trinajstić information content (AvgIpc) is 2.34. The predicted octanol–water partition coefficient (Wildman–Crippen LogP) is 4.42. The molecule has 102 valence electrons. The number of thioether (sulfide) groups is 1. The third kappa shape index (κ3) is 4.95. The maximum Gasteiger partial charge on any atom is 0.446 e. The van der Waals surface area contributed by atoms with Crippen molar-refractivity contribution >= 4 is 17.5 Å². The third-order valence-corrected chi connectivity index (χ3v) is 3.31. The second-order valence-electron chi connectivity index (χ2n) is 3.90. The number of carbonyl (C=O) groups excluding carboxylic acids is 1. The van der Waals surface area contributed by atoms with E-state index in [1.165, 1.54) is 24.3 Å². The van der Waals surface area contributed by atoms with Crippen molar-refractivity contribution in [2.45, 2.75) is 30.2 Å². The molecule has 1 atom stereocenters. The zero-order valence-corrected chi connectivity index (χ0v) is 11.0. The summed E-state index contributed by atoms with van der Waals surface area (Å²) in [6.45, 7) is 1.80. The van der Waals surface area contributed by atoms with E-state index < -0.39 is 11.4 Å². The first kappa shape index (κ1) is 15.6. The molecule has 0 aromatic heterocycles. The van der Waals surface area contributed by atoms with Gasteiger partial charge in [-0.05, 0) is 30.3 Å². The van der Waals surface area contributed by atoms with Crippen molar-refractivity contribution < 1.29 is 18.0 Å². The molecule has 0 heterocycles. The van der Waals surface area contributed by atoms with E-state index in [-0.39, 0.29) is 28.9 Å². The maximum atomic E-state index is 12.1. The summed E-state index contributed by atoms with van der Waals surface area (Å²) in [7, 11) is 0. The summed E-state index contributed by atoms with van der Waals surface area (Å²) in [6, 6.07) is 7.22. The number of nitriles is 1. The molecule has 0 aliphatic carbocycles. The van der Waals surface area contributed by atoms with Crippen LogP contribution in [0.2, 0.25) is 0 Å². The molecular weight excluding hydrogens is 275 g/mol. The number of ketones is 1. The van der Waals surface area contributed by atoms with E-state index in [1.807, 2.05) is 6.07 Å². The molecule has 1 aromatic carbocycles. The molecule has 6 heteroatoms. The fourth-order valence-corrected chi connectivity index (χ4v) is 2.13. The van der Waals surface area contributed by atoms with Gasteiger partial charge in [-0.1, -0.05) is 19.1 Å². The summed E-state index contributed by atoms with van der Waals surface area (Å²) in [6.07, 6.45) is 0.653. The summed E-state index contributed by atoms with van der Waals surface area (Å²) < 4.78 is 36.4. The van der Waals surface area contributed by atoms with E-state index in [1.54, 1.807) is 6.92 Å². The zero-order chi connectivity index (χ0) is 14.5. The second-order valence-corrected chi connectivity index (χ2v) is 5.04. The molecule has 0 bridgehead atoms. The van der Waals surface area contributed by atoms with Gasteiger partial charge in [0.1, 0.15) is 0 Å². The predicted molar refractivity (Wildman–Crippen MR) is 66.7 cm³/mol. The third-order valence-electron chi connectivity index (χ3n) is 2.57. The number of benzene rings is 1. The molecule has 0 aliphatic heterocycles. The van der Waals surface area contributed by atoms with Crippen LogP contribution in [0, 0.1) is 17.2 Å². The van der Waals surface area contributed by atoms with E-state index in [2.05, 4.69) is 0 Å². The van der Waals surface area contributed by atoms with Crippen LogP contribution < -0.4 is 0 Å². The fourth-order valence-electron chi connectivity index (χ4n) is 1.59. The number of carbonyl (C=O) groups is 1. The first-order valence-corrected chi connectivity index (χ1v) is 6.46. The van der Waals surface area contributed by atoms with E-state index >= 15 is 0 Å². The molecule has 0 fully saturated rings. The van der Waals surface area contributed by atoms with Crippen LogP contribution in [-0.4, -0.2) is 11.3 Å². The Kier molecular flexibility index (Phi) is 5.43. The zero-order valence-electron chi connectivity index (χ0n) is 10.2. The Labute approximate surface area is 113 Å². The SMILES string of the molecule is CCC(CC#N)C(=O)c1ccc(SC(F)(F)F)cc1. The summed E-state index contributed by atoms with van der Waals surface area (Å²) in [5.41, 5.74) is -3.99. The van der Waals surface area contributed by atoms with Gasteiger partial charge in [0.05, 0.1) is 6.07 Å². The van der Waals surface area contributed by atoms with Crippen molar-refractivity contribution in [1.82, 2.24) is 0 Å². The van der Waals surface area contributed by atoms with Gasteiger partial charge in [-0.15, -0.1) is 0 Å². The van der Waals surface area contributed by atoms with Gasteiger partial charge in [0.15, 0.2) is 5.78 Å². The van der Waals surface area contributed by atoms with E-state index in [9.17, 15) is 18.0 Å². The molecule has 2 nitrogen and oxygen atoms in total. The van der Waals surface area contributed by atoms with Gasteiger partial charge in [0.2, 0.25) is 0 Å². The monoisotopic (exact) mass is 287 g/mol. The molecule has 0 N–H and O–H groups in total. The lowest BCUT2D eigenvalue weighted by atomic mass is 9.93. The number of nitrogens with zero attached hydrogens (tertiary/aromatic N) is 1. The molecule has 19 heavy (non-hydrogen) atoms. The minimum absolute atomic E-state index is 0.0392. The molecule has 1 rings (SSSR count). The number of rotatable bonds is 5. The lowest BCUT2D eigenvalue weighted by Crippen LogP contribution is -2.13. The van der Waals surface area contributed by atoms with Crippen LogP contribution in [0.25, 0.3) is 0 Å². The van der Waals surface area contributed by atoms with E-state index in [4.69, 9.17) is 5.26 Å². The van der Waals surface area contributed by atoms with Gasteiger partial charge in [-0.25, -0.2) is 0 Å². The smallest absolute Gasteiger partial charge is 0.294 e. The minimum atomic E-state index is -4.34. The van der Waals surface area contributed by atoms with Crippen molar-refractivity contribution in [3.8, 4) is 6.07 Å². The highest BCUT2D eigenvalue weighted by Crippen LogP contribution is 2.36. The van der Waals surface area contributed by atoms with Crippen molar-refractivity contribution in [3.05, 3.63) is 29.8 Å². The molecule has 1 aromatic rings. The number of halogens is 3. The molecule has 0 spiro atoms. The topological polar surface area (TPSA) is 40.9 Å². The Balaban J connectivity index is 2.81. The van der Waals surface area contributed by atoms with Gasteiger partial charge >= 0.3 is 5.51 Å². The molecule has 0 radical (unpaired) electrons. The lowest BCUT2D eigenvalue weighted by Gasteiger charge is -2.10. The summed E-state index contributed by atoms with van der Waals surface area (Å²) in [5.74, 6) is -0.598. The van der Waals surface area contributed by atoms with Crippen LogP contribution in [0.1, 0.15) is 30.1 Å². The Morgan fingerprint density at radius 1 is 1.37 bits per heavy atom. The molecule has 0 saturated heterocycles. The van der Waals surface area contributed by atoms with Crippen LogP contribution in [0.5, 0.6) is 0 Å². The highest BCUT2D eigenvalue weighted by molar-refractivity contribution is 8.00. The quantitative estimate of drug-likeness (QED) is 0.594. The van der Waals surface area contributed by atoms with Crippen LogP contribution in [-0.2, 0) is 0 Å². The van der Waals surface area contributed by atoms with Crippen LogP contribution >= 0.6 is 11.8 Å². The summed E-state index contributed by atoms with van der Waals surface area (Å²) in [4.78, 5) is 12.0. The first-order valence-electron chi connectivity index (χ1n) is 5.64. The van der Waals surface area contributed by atoms with Gasteiger partial charge in [0.25, 0.3) is 0 Å². The van der Waals surface area contributed by atoms with Crippen LogP contribution in [0.15, 0.2) is 29.2 Å². The lowest BCUT2D eigenvalue weighted by molar-refractivity contribution is -0.0328. The Hall–Kier alpha value is -1.48.